The molecule has 166 valence electrons. The van der Waals surface area contributed by atoms with Gasteiger partial charge in [0.05, 0.1) is 30.2 Å². The third kappa shape index (κ3) is 5.22. The molecule has 1 N–H and O–H groups in total. The maximum atomic E-state index is 12.1. The van der Waals surface area contributed by atoms with Gasteiger partial charge in [0.15, 0.2) is 11.5 Å². The zero-order chi connectivity index (χ0) is 23.2. The van der Waals surface area contributed by atoms with Gasteiger partial charge in [0.1, 0.15) is 0 Å². The number of furan rings is 1. The Balaban J connectivity index is 1.40. The molecular formula is C22H16N4O6S. The van der Waals surface area contributed by atoms with E-state index in [0.29, 0.717) is 22.1 Å². The Morgan fingerprint density at radius 1 is 1.21 bits per heavy atom. The Morgan fingerprint density at radius 3 is 2.73 bits per heavy atom. The fraction of sp³-hybridized carbons (Fsp3) is 0.0455. The molecule has 0 saturated heterocycles. The molecule has 4 rings (SSSR count). The van der Waals surface area contributed by atoms with Gasteiger partial charge in [-0.1, -0.05) is 0 Å². The van der Waals surface area contributed by atoms with Gasteiger partial charge in [0.25, 0.3) is 5.69 Å². The summed E-state index contributed by atoms with van der Waals surface area (Å²) in [6.07, 6.45) is 2.95. The smallest absolute Gasteiger partial charge is 0.379 e. The number of carbonyl (C=O) groups is 1. The molecule has 0 spiro atoms. The Kier molecular flexibility index (Phi) is 6.41. The number of hydrogen-bond donors (Lipinski definition) is 1. The van der Waals surface area contributed by atoms with Crippen LogP contribution in [-0.4, -0.2) is 29.2 Å². The maximum absolute atomic E-state index is 12.1. The van der Waals surface area contributed by atoms with Crippen LogP contribution in [0.4, 0.5) is 10.8 Å². The fourth-order valence-electron chi connectivity index (χ4n) is 2.77. The molecule has 0 amide bonds. The number of nitrogens with one attached hydrogen (secondary N) is 1. The second-order valence-electron chi connectivity index (χ2n) is 6.49. The number of anilines is 1. The summed E-state index contributed by atoms with van der Waals surface area (Å²) in [5, 5.41) is 17.3. The monoisotopic (exact) mass is 464 g/mol. The largest absolute Gasteiger partial charge is 0.493 e. The average molecular weight is 464 g/mol. The lowest BCUT2D eigenvalue weighted by Gasteiger charge is -2.08. The topological polar surface area (TPSA) is 129 Å². The molecule has 4 aromatic rings. The van der Waals surface area contributed by atoms with Crippen molar-refractivity contribution in [3.05, 3.63) is 87.7 Å². The van der Waals surface area contributed by atoms with Gasteiger partial charge in [0.2, 0.25) is 10.9 Å². The normalized spacial score (nSPS) is 10.8. The first-order chi connectivity index (χ1) is 16.0. The number of hydrogen-bond acceptors (Lipinski definition) is 10. The van der Waals surface area contributed by atoms with E-state index in [-0.39, 0.29) is 17.2 Å². The Bertz CT molecular complexity index is 1300. The molecule has 0 aliphatic heterocycles. The van der Waals surface area contributed by atoms with Crippen LogP contribution in [0.5, 0.6) is 11.5 Å². The lowest BCUT2D eigenvalue weighted by atomic mass is 10.1. The Labute approximate surface area is 191 Å². The molecule has 0 saturated carbocycles. The first-order valence-corrected chi connectivity index (χ1v) is 10.3. The molecule has 33 heavy (non-hydrogen) atoms. The number of nitro benzene ring substituents is 1. The third-order valence-corrected chi connectivity index (χ3v) is 5.11. The fourth-order valence-corrected chi connectivity index (χ4v) is 3.44. The molecule has 0 fully saturated rings. The number of thiazole rings is 1. The number of ether oxygens (including phenoxy) is 2. The van der Waals surface area contributed by atoms with Crippen molar-refractivity contribution < 1.29 is 23.6 Å². The standard InChI is InChI=1S/C22H16N4O6S/c1-30-20-11-14(4-9-18(20)32-21(27)19-3-2-10-31-19)12-23-25-22-24-17(13-33-22)15-5-7-16(8-6-15)26(28)29/h2-13H,1H3,(H,24,25)/b23-12-. The van der Waals surface area contributed by atoms with Gasteiger partial charge in [-0.3, -0.25) is 15.5 Å². The number of aromatic nitrogens is 1. The minimum atomic E-state index is -0.631. The highest BCUT2D eigenvalue weighted by Crippen LogP contribution is 2.29. The lowest BCUT2D eigenvalue weighted by molar-refractivity contribution is -0.384. The van der Waals surface area contributed by atoms with Crippen LogP contribution < -0.4 is 14.9 Å². The van der Waals surface area contributed by atoms with Gasteiger partial charge in [-0.25, -0.2) is 9.78 Å². The van der Waals surface area contributed by atoms with Crippen LogP contribution in [-0.2, 0) is 0 Å². The molecule has 0 unspecified atom stereocenters. The average Bonchev–Trinajstić information content (AvgIpc) is 3.53. The highest BCUT2D eigenvalue weighted by molar-refractivity contribution is 7.14. The van der Waals surface area contributed by atoms with E-state index in [1.54, 1.807) is 42.6 Å². The molecule has 0 aliphatic rings. The number of benzene rings is 2. The van der Waals surface area contributed by atoms with Crippen LogP contribution in [0.25, 0.3) is 11.3 Å². The SMILES string of the molecule is COc1cc(/C=N\Nc2nc(-c3ccc([N+](=O)[O-])cc3)cs2)ccc1OC(=O)c1ccco1. The van der Waals surface area contributed by atoms with Gasteiger partial charge in [-0.15, -0.1) is 11.3 Å². The number of methoxy groups -OCH3 is 1. The summed E-state index contributed by atoms with van der Waals surface area (Å²) in [7, 11) is 1.47. The zero-order valence-electron chi connectivity index (χ0n) is 17.1. The van der Waals surface area contributed by atoms with E-state index in [1.807, 2.05) is 5.38 Å². The van der Waals surface area contributed by atoms with Gasteiger partial charge in [0, 0.05) is 23.1 Å². The van der Waals surface area contributed by atoms with E-state index in [9.17, 15) is 14.9 Å². The second kappa shape index (κ2) is 9.75. The number of carbonyl (C=O) groups excluding carboxylic acids is 1. The van der Waals surface area contributed by atoms with Gasteiger partial charge in [-0.05, 0) is 48.0 Å². The molecule has 0 atom stereocenters. The molecule has 2 aromatic heterocycles. The molecule has 0 aliphatic carbocycles. The minimum absolute atomic E-state index is 0.0223. The van der Waals surface area contributed by atoms with Gasteiger partial charge in [-0.2, -0.15) is 5.10 Å². The number of nitrogens with zero attached hydrogens (tertiary/aromatic N) is 3. The van der Waals surface area contributed by atoms with Crippen molar-refractivity contribution in [2.45, 2.75) is 0 Å². The first kappa shape index (κ1) is 21.7. The zero-order valence-corrected chi connectivity index (χ0v) is 17.9. The number of rotatable bonds is 8. The van der Waals surface area contributed by atoms with E-state index in [4.69, 9.17) is 13.9 Å². The van der Waals surface area contributed by atoms with Crippen molar-refractivity contribution in [2.24, 2.45) is 5.10 Å². The number of esters is 1. The van der Waals surface area contributed by atoms with Crippen molar-refractivity contribution in [1.29, 1.82) is 0 Å². The second-order valence-corrected chi connectivity index (χ2v) is 7.35. The van der Waals surface area contributed by atoms with Gasteiger partial charge < -0.3 is 13.9 Å². The van der Waals surface area contributed by atoms with Crippen LogP contribution in [0, 0.1) is 10.1 Å². The van der Waals surface area contributed by atoms with Crippen molar-refractivity contribution in [1.82, 2.24) is 4.98 Å². The predicted octanol–water partition coefficient (Wildman–Crippen LogP) is 4.99. The minimum Gasteiger partial charge on any atom is -0.493 e. The number of hydrazone groups is 1. The molecule has 10 nitrogen and oxygen atoms in total. The number of non-ortho nitro benzene ring substituents is 1. The molecule has 11 heteroatoms. The van der Waals surface area contributed by atoms with Crippen LogP contribution in [0.3, 0.4) is 0 Å². The summed E-state index contributed by atoms with van der Waals surface area (Å²) < 4.78 is 15.6. The highest BCUT2D eigenvalue weighted by Gasteiger charge is 2.15. The van der Waals surface area contributed by atoms with E-state index in [0.717, 1.165) is 5.56 Å². The van der Waals surface area contributed by atoms with Crippen LogP contribution in [0.15, 0.2) is 75.8 Å². The van der Waals surface area contributed by atoms with Crippen molar-refractivity contribution >= 4 is 34.3 Å². The summed E-state index contributed by atoms with van der Waals surface area (Å²) in [6, 6.07) is 14.2. The van der Waals surface area contributed by atoms with E-state index in [1.165, 1.54) is 42.9 Å². The summed E-state index contributed by atoms with van der Waals surface area (Å²) in [5.74, 6) is 0.0580. The predicted molar refractivity (Wildman–Crippen MR) is 122 cm³/mol. The van der Waals surface area contributed by atoms with Gasteiger partial charge >= 0.3 is 5.97 Å². The van der Waals surface area contributed by atoms with E-state index >= 15 is 0 Å². The van der Waals surface area contributed by atoms with Crippen LogP contribution in [0.2, 0.25) is 0 Å². The Hall–Kier alpha value is -4.51. The first-order valence-electron chi connectivity index (χ1n) is 9.46. The summed E-state index contributed by atoms with van der Waals surface area (Å²) in [5.41, 5.74) is 5.01. The maximum Gasteiger partial charge on any atom is 0.379 e. The Morgan fingerprint density at radius 2 is 2.03 bits per heavy atom. The van der Waals surface area contributed by atoms with Crippen molar-refractivity contribution in [3.8, 4) is 22.8 Å². The summed E-state index contributed by atoms with van der Waals surface area (Å²) in [4.78, 5) is 26.8. The lowest BCUT2D eigenvalue weighted by Crippen LogP contribution is -2.08. The van der Waals surface area contributed by atoms with Crippen LogP contribution >= 0.6 is 11.3 Å². The van der Waals surface area contributed by atoms with Crippen molar-refractivity contribution in [3.63, 3.8) is 0 Å². The van der Waals surface area contributed by atoms with Crippen LogP contribution in [0.1, 0.15) is 16.1 Å². The third-order valence-electron chi connectivity index (χ3n) is 4.36. The molecular weight excluding hydrogens is 448 g/mol. The van der Waals surface area contributed by atoms with Crippen molar-refractivity contribution in [2.75, 3.05) is 12.5 Å². The molecule has 2 heterocycles. The molecule has 0 bridgehead atoms. The summed E-state index contributed by atoms with van der Waals surface area (Å²) in [6.45, 7) is 0. The quantitative estimate of drug-likeness (QED) is 0.127. The molecule has 2 aromatic carbocycles. The van der Waals surface area contributed by atoms with E-state index < -0.39 is 10.9 Å². The highest BCUT2D eigenvalue weighted by atomic mass is 32.1. The summed E-state index contributed by atoms with van der Waals surface area (Å²) >= 11 is 1.34. The van der Waals surface area contributed by atoms with E-state index in [2.05, 4.69) is 15.5 Å². The number of nitro groups is 1. The molecule has 0 radical (unpaired) electrons.